The molecule has 0 spiro atoms. The highest BCUT2D eigenvalue weighted by molar-refractivity contribution is 7.88. The Bertz CT molecular complexity index is 727. The van der Waals surface area contributed by atoms with Gasteiger partial charge in [0.05, 0.1) is 5.75 Å². The third kappa shape index (κ3) is 4.83. The fourth-order valence-corrected chi connectivity index (χ4v) is 3.86. The zero-order valence-corrected chi connectivity index (χ0v) is 14.3. The Morgan fingerprint density at radius 3 is 2.36 bits per heavy atom. The minimum Gasteiger partial charge on any atom is -0.212 e. The van der Waals surface area contributed by atoms with Crippen LogP contribution in [0.5, 0.6) is 0 Å². The SMILES string of the molecule is CCc1ccc(C(C)NS(=O)(=O)Cc2cccc(Cl)c2)cc1. The van der Waals surface area contributed by atoms with Gasteiger partial charge in [-0.1, -0.05) is 54.9 Å². The number of hydrogen-bond acceptors (Lipinski definition) is 2. The van der Waals surface area contributed by atoms with Crippen LogP contribution in [0.15, 0.2) is 48.5 Å². The smallest absolute Gasteiger partial charge is 0.212 e. The summed E-state index contributed by atoms with van der Waals surface area (Å²) in [5.74, 6) is -0.0784. The van der Waals surface area contributed by atoms with E-state index in [0.29, 0.717) is 10.6 Å². The van der Waals surface area contributed by atoms with E-state index in [2.05, 4.69) is 11.6 Å². The average molecular weight is 338 g/mol. The number of aryl methyl sites for hydroxylation is 1. The summed E-state index contributed by atoms with van der Waals surface area (Å²) in [6.45, 7) is 3.93. The Balaban J connectivity index is 2.07. The van der Waals surface area contributed by atoms with Gasteiger partial charge in [0.2, 0.25) is 10.0 Å². The molecule has 0 fully saturated rings. The maximum atomic E-state index is 12.3. The van der Waals surface area contributed by atoms with Crippen molar-refractivity contribution in [2.24, 2.45) is 0 Å². The van der Waals surface area contributed by atoms with Crippen LogP contribution in [0.4, 0.5) is 0 Å². The maximum absolute atomic E-state index is 12.3. The van der Waals surface area contributed by atoms with Gasteiger partial charge in [0.15, 0.2) is 0 Å². The van der Waals surface area contributed by atoms with Gasteiger partial charge in [-0.05, 0) is 42.2 Å². The summed E-state index contributed by atoms with van der Waals surface area (Å²) in [5, 5.41) is 0.538. The summed E-state index contributed by atoms with van der Waals surface area (Å²) in [5.41, 5.74) is 2.86. The molecule has 0 heterocycles. The van der Waals surface area contributed by atoms with E-state index >= 15 is 0 Å². The first-order chi connectivity index (χ1) is 10.4. The average Bonchev–Trinajstić information content (AvgIpc) is 2.46. The Hall–Kier alpha value is -1.36. The molecule has 118 valence electrons. The lowest BCUT2D eigenvalue weighted by atomic mass is 10.1. The molecule has 2 aromatic carbocycles. The molecule has 0 saturated carbocycles. The van der Waals surface area contributed by atoms with Crippen LogP contribution in [-0.2, 0) is 22.2 Å². The first-order valence-corrected chi connectivity index (χ1v) is 9.26. The third-order valence-corrected chi connectivity index (χ3v) is 5.15. The van der Waals surface area contributed by atoms with E-state index in [1.807, 2.05) is 31.2 Å². The summed E-state index contributed by atoms with van der Waals surface area (Å²) in [6.07, 6.45) is 0.967. The van der Waals surface area contributed by atoms with E-state index < -0.39 is 10.0 Å². The van der Waals surface area contributed by atoms with E-state index in [1.54, 1.807) is 24.3 Å². The van der Waals surface area contributed by atoms with Gasteiger partial charge in [-0.2, -0.15) is 0 Å². The fraction of sp³-hybridized carbons (Fsp3) is 0.294. The molecule has 1 atom stereocenters. The number of benzene rings is 2. The molecular weight excluding hydrogens is 318 g/mol. The zero-order valence-electron chi connectivity index (χ0n) is 12.7. The van der Waals surface area contributed by atoms with Crippen LogP contribution in [0, 0.1) is 0 Å². The second kappa shape index (κ2) is 7.27. The van der Waals surface area contributed by atoms with Crippen LogP contribution in [0.3, 0.4) is 0 Å². The molecule has 1 unspecified atom stereocenters. The molecule has 2 aromatic rings. The van der Waals surface area contributed by atoms with E-state index in [1.165, 1.54) is 5.56 Å². The Morgan fingerprint density at radius 2 is 1.77 bits per heavy atom. The van der Waals surface area contributed by atoms with Gasteiger partial charge < -0.3 is 0 Å². The first-order valence-electron chi connectivity index (χ1n) is 7.23. The van der Waals surface area contributed by atoms with Crippen molar-refractivity contribution in [2.75, 3.05) is 0 Å². The minimum atomic E-state index is -3.42. The second-order valence-corrected chi connectivity index (χ2v) is 7.51. The largest absolute Gasteiger partial charge is 0.216 e. The van der Waals surface area contributed by atoms with Gasteiger partial charge in [0, 0.05) is 11.1 Å². The van der Waals surface area contributed by atoms with Crippen molar-refractivity contribution >= 4 is 21.6 Å². The predicted octanol–water partition coefficient (Wildman–Crippen LogP) is 4.08. The number of hydrogen-bond donors (Lipinski definition) is 1. The molecule has 0 aliphatic heterocycles. The molecule has 0 bridgehead atoms. The normalized spacial score (nSPS) is 13.0. The van der Waals surface area contributed by atoms with Crippen molar-refractivity contribution in [2.45, 2.75) is 32.1 Å². The summed E-state index contributed by atoms with van der Waals surface area (Å²) >= 11 is 5.89. The predicted molar refractivity (Wildman–Crippen MR) is 91.4 cm³/mol. The second-order valence-electron chi connectivity index (χ2n) is 5.32. The molecule has 1 N–H and O–H groups in total. The molecule has 0 aliphatic carbocycles. The number of nitrogens with one attached hydrogen (secondary N) is 1. The summed E-state index contributed by atoms with van der Waals surface area (Å²) in [4.78, 5) is 0. The third-order valence-electron chi connectivity index (χ3n) is 3.49. The van der Waals surface area contributed by atoms with Gasteiger partial charge in [-0.25, -0.2) is 13.1 Å². The van der Waals surface area contributed by atoms with E-state index in [-0.39, 0.29) is 11.8 Å². The van der Waals surface area contributed by atoms with Crippen molar-refractivity contribution in [3.63, 3.8) is 0 Å². The lowest BCUT2D eigenvalue weighted by Crippen LogP contribution is -2.28. The Kier molecular flexibility index (Phi) is 5.62. The van der Waals surface area contributed by atoms with Crippen LogP contribution in [-0.4, -0.2) is 8.42 Å². The lowest BCUT2D eigenvalue weighted by molar-refractivity contribution is 0.566. The summed E-state index contributed by atoms with van der Waals surface area (Å²) in [7, 11) is -3.42. The number of sulfonamides is 1. The van der Waals surface area contributed by atoms with Crippen molar-refractivity contribution in [1.29, 1.82) is 0 Å². The van der Waals surface area contributed by atoms with Gasteiger partial charge in [0.1, 0.15) is 0 Å². The Labute approximate surface area is 137 Å². The van der Waals surface area contributed by atoms with E-state index in [4.69, 9.17) is 11.6 Å². The molecule has 5 heteroatoms. The Morgan fingerprint density at radius 1 is 1.09 bits per heavy atom. The van der Waals surface area contributed by atoms with E-state index in [0.717, 1.165) is 12.0 Å². The van der Waals surface area contributed by atoms with Crippen LogP contribution >= 0.6 is 11.6 Å². The molecule has 0 amide bonds. The monoisotopic (exact) mass is 337 g/mol. The fourth-order valence-electron chi connectivity index (χ4n) is 2.27. The quantitative estimate of drug-likeness (QED) is 0.863. The topological polar surface area (TPSA) is 46.2 Å². The molecule has 0 aromatic heterocycles. The molecular formula is C17H20ClNO2S. The van der Waals surface area contributed by atoms with Crippen LogP contribution < -0.4 is 4.72 Å². The molecule has 0 aliphatic rings. The standard InChI is InChI=1S/C17H20ClNO2S/c1-3-14-7-9-16(10-8-14)13(2)19-22(20,21)12-15-5-4-6-17(18)11-15/h4-11,13,19H,3,12H2,1-2H3. The highest BCUT2D eigenvalue weighted by Gasteiger charge is 2.16. The molecule has 3 nitrogen and oxygen atoms in total. The molecule has 0 radical (unpaired) electrons. The number of rotatable bonds is 6. The van der Waals surface area contributed by atoms with Crippen molar-refractivity contribution in [1.82, 2.24) is 4.72 Å². The van der Waals surface area contributed by atoms with Crippen LogP contribution in [0.1, 0.15) is 36.6 Å². The minimum absolute atomic E-state index is 0.0784. The van der Waals surface area contributed by atoms with Crippen LogP contribution in [0.2, 0.25) is 5.02 Å². The zero-order chi connectivity index (χ0) is 16.2. The molecule has 0 saturated heterocycles. The molecule has 22 heavy (non-hydrogen) atoms. The molecule has 2 rings (SSSR count). The maximum Gasteiger partial charge on any atom is 0.216 e. The van der Waals surface area contributed by atoms with Crippen LogP contribution in [0.25, 0.3) is 0 Å². The van der Waals surface area contributed by atoms with Gasteiger partial charge in [-0.15, -0.1) is 0 Å². The highest BCUT2D eigenvalue weighted by atomic mass is 35.5. The van der Waals surface area contributed by atoms with Crippen molar-refractivity contribution < 1.29 is 8.42 Å². The summed E-state index contributed by atoms with van der Waals surface area (Å²) in [6, 6.07) is 14.6. The van der Waals surface area contributed by atoms with Crippen molar-refractivity contribution in [3.05, 3.63) is 70.2 Å². The number of halogens is 1. The highest BCUT2D eigenvalue weighted by Crippen LogP contribution is 2.17. The summed E-state index contributed by atoms with van der Waals surface area (Å²) < 4.78 is 27.2. The van der Waals surface area contributed by atoms with E-state index in [9.17, 15) is 8.42 Å². The van der Waals surface area contributed by atoms with Crippen molar-refractivity contribution in [3.8, 4) is 0 Å². The first kappa shape index (κ1) is 17.0. The lowest BCUT2D eigenvalue weighted by Gasteiger charge is -2.15. The van der Waals surface area contributed by atoms with Gasteiger partial charge in [-0.3, -0.25) is 0 Å². The van der Waals surface area contributed by atoms with Gasteiger partial charge >= 0.3 is 0 Å². The van der Waals surface area contributed by atoms with Gasteiger partial charge in [0.25, 0.3) is 0 Å².